The van der Waals surface area contributed by atoms with Gasteiger partial charge >= 0.3 is 5.97 Å². The van der Waals surface area contributed by atoms with E-state index in [1.807, 2.05) is 13.0 Å². The maximum Gasteiger partial charge on any atom is 0.339 e. The zero-order valence-corrected chi connectivity index (χ0v) is 13.2. The highest BCUT2D eigenvalue weighted by Gasteiger charge is 2.23. The van der Waals surface area contributed by atoms with Gasteiger partial charge in [-0.1, -0.05) is 0 Å². The number of carboxylic acid groups (broad SMARTS) is 1. The van der Waals surface area contributed by atoms with E-state index < -0.39 is 5.97 Å². The van der Waals surface area contributed by atoms with Crippen LogP contribution in [-0.2, 0) is 0 Å². The summed E-state index contributed by atoms with van der Waals surface area (Å²) in [5.74, 6) is -0.934. The van der Waals surface area contributed by atoms with Crippen molar-refractivity contribution in [2.24, 2.45) is 0 Å². The molecule has 1 fully saturated rings. The molecule has 2 heterocycles. The number of piperazine rings is 1. The number of aromatic nitrogens is 1. The van der Waals surface area contributed by atoms with Crippen LogP contribution in [0.2, 0.25) is 0 Å². The van der Waals surface area contributed by atoms with Crippen molar-refractivity contribution >= 4 is 11.7 Å². The van der Waals surface area contributed by atoms with Crippen molar-refractivity contribution in [3.8, 4) is 0 Å². The van der Waals surface area contributed by atoms with Crippen molar-refractivity contribution in [2.75, 3.05) is 45.6 Å². The number of hydrogen-bond acceptors (Lipinski definition) is 5. The van der Waals surface area contributed by atoms with Crippen molar-refractivity contribution in [3.63, 3.8) is 0 Å². The number of rotatable bonds is 4. The number of pyridine rings is 1. The minimum absolute atomic E-state index is 0.271. The molecule has 116 valence electrons. The third kappa shape index (κ3) is 3.71. The van der Waals surface area contributed by atoms with Crippen LogP contribution in [0, 0.1) is 13.8 Å². The summed E-state index contributed by atoms with van der Waals surface area (Å²) in [6.07, 6.45) is 0. The van der Waals surface area contributed by atoms with Gasteiger partial charge in [0.1, 0.15) is 5.56 Å². The average molecular weight is 292 g/mol. The normalized spacial score (nSPS) is 20.5. The summed E-state index contributed by atoms with van der Waals surface area (Å²) in [5.41, 5.74) is 2.31. The number of carboxylic acids is 1. The fourth-order valence-corrected chi connectivity index (χ4v) is 2.79. The first-order valence-corrected chi connectivity index (χ1v) is 7.22. The van der Waals surface area contributed by atoms with Crippen LogP contribution in [-0.4, -0.2) is 72.2 Å². The lowest BCUT2D eigenvalue weighted by atomic mass is 10.1. The number of nitrogens with zero attached hydrogens (tertiary/aromatic N) is 3. The summed E-state index contributed by atoms with van der Waals surface area (Å²) in [4.78, 5) is 20.3. The summed E-state index contributed by atoms with van der Waals surface area (Å²) in [6, 6.07) is 2.18. The predicted octanol–water partition coefficient (Wildman–Crippen LogP) is 1.05. The van der Waals surface area contributed by atoms with Crippen molar-refractivity contribution in [1.29, 1.82) is 0 Å². The lowest BCUT2D eigenvalue weighted by molar-refractivity contribution is 0.0696. The first kappa shape index (κ1) is 15.7. The summed E-state index contributed by atoms with van der Waals surface area (Å²) >= 11 is 0. The van der Waals surface area contributed by atoms with Crippen molar-refractivity contribution in [2.45, 2.75) is 19.9 Å². The van der Waals surface area contributed by atoms with Crippen LogP contribution in [0.1, 0.15) is 21.7 Å². The molecule has 0 bridgehead atoms. The molecule has 0 spiro atoms. The molecule has 1 aromatic heterocycles. The Kier molecular flexibility index (Phi) is 4.80. The Labute approximate surface area is 125 Å². The highest BCUT2D eigenvalue weighted by Crippen LogP contribution is 2.20. The van der Waals surface area contributed by atoms with Gasteiger partial charge in [-0.2, -0.15) is 0 Å². The van der Waals surface area contributed by atoms with Crippen molar-refractivity contribution < 1.29 is 9.90 Å². The number of carbonyl (C=O) groups is 1. The lowest BCUT2D eigenvalue weighted by Crippen LogP contribution is -2.52. The molecule has 21 heavy (non-hydrogen) atoms. The summed E-state index contributed by atoms with van der Waals surface area (Å²) in [5, 5.41) is 12.7. The molecule has 0 radical (unpaired) electrons. The van der Waals surface area contributed by atoms with Crippen LogP contribution >= 0.6 is 0 Å². The van der Waals surface area contributed by atoms with Gasteiger partial charge in [0.2, 0.25) is 0 Å². The molecule has 1 saturated heterocycles. The molecule has 1 unspecified atom stereocenters. The zero-order chi connectivity index (χ0) is 15.6. The van der Waals surface area contributed by atoms with Gasteiger partial charge < -0.3 is 15.3 Å². The number of likely N-dealkylation sites (N-methyl/N-ethyl adjacent to an activating group) is 2. The maximum absolute atomic E-state index is 11.4. The number of anilines is 1. The topological polar surface area (TPSA) is 68.7 Å². The fourth-order valence-electron chi connectivity index (χ4n) is 2.79. The second-order valence-electron chi connectivity index (χ2n) is 5.85. The molecule has 2 N–H and O–H groups in total. The standard InChI is InChI=1S/C15H24N4O2/c1-10-7-13(14(15(20)21)11(2)17-10)16-8-12-9-18(3)5-6-19(12)4/h7,12H,5-6,8-9H2,1-4H3,(H,16,17)(H,20,21). The van der Waals surface area contributed by atoms with Gasteiger partial charge in [-0.05, 0) is 34.0 Å². The molecule has 0 saturated carbocycles. The molecule has 0 aromatic carbocycles. The van der Waals surface area contributed by atoms with E-state index in [-0.39, 0.29) is 5.56 Å². The Bertz CT molecular complexity index is 533. The van der Waals surface area contributed by atoms with E-state index in [1.54, 1.807) is 6.92 Å². The molecule has 1 aliphatic heterocycles. The van der Waals surface area contributed by atoms with Crippen LogP contribution in [0.4, 0.5) is 5.69 Å². The smallest absolute Gasteiger partial charge is 0.339 e. The van der Waals surface area contributed by atoms with Gasteiger partial charge in [-0.25, -0.2) is 4.79 Å². The van der Waals surface area contributed by atoms with E-state index in [0.717, 1.165) is 31.9 Å². The van der Waals surface area contributed by atoms with Crippen LogP contribution in [0.5, 0.6) is 0 Å². The molecular formula is C15H24N4O2. The first-order chi connectivity index (χ1) is 9.88. The third-order valence-electron chi connectivity index (χ3n) is 4.05. The van der Waals surface area contributed by atoms with Crippen LogP contribution in [0.3, 0.4) is 0 Å². The summed E-state index contributed by atoms with van der Waals surface area (Å²) < 4.78 is 0. The number of hydrogen-bond donors (Lipinski definition) is 2. The Morgan fingerprint density at radius 3 is 2.81 bits per heavy atom. The minimum atomic E-state index is -0.934. The Morgan fingerprint density at radius 2 is 2.14 bits per heavy atom. The van der Waals surface area contributed by atoms with Crippen LogP contribution < -0.4 is 5.32 Å². The molecule has 6 nitrogen and oxygen atoms in total. The van der Waals surface area contributed by atoms with Gasteiger partial charge in [0.25, 0.3) is 0 Å². The third-order valence-corrected chi connectivity index (χ3v) is 4.05. The molecule has 1 aliphatic rings. The number of aryl methyl sites for hydroxylation is 2. The van der Waals surface area contributed by atoms with Crippen LogP contribution in [0.15, 0.2) is 6.07 Å². The molecule has 1 aromatic rings. The predicted molar refractivity (Wildman–Crippen MR) is 83.1 cm³/mol. The number of nitrogens with one attached hydrogen (secondary N) is 1. The van der Waals surface area contributed by atoms with E-state index in [0.29, 0.717) is 17.4 Å². The summed E-state index contributed by atoms with van der Waals surface area (Å²) in [6.45, 7) is 7.43. The SMILES string of the molecule is Cc1cc(NCC2CN(C)CCN2C)c(C(=O)O)c(C)n1. The molecule has 1 atom stereocenters. The Hall–Kier alpha value is -1.66. The Morgan fingerprint density at radius 1 is 1.43 bits per heavy atom. The van der Waals surface area contributed by atoms with Crippen molar-refractivity contribution in [3.05, 3.63) is 23.0 Å². The van der Waals surface area contributed by atoms with E-state index >= 15 is 0 Å². The molecular weight excluding hydrogens is 268 g/mol. The molecule has 0 aliphatic carbocycles. The average Bonchev–Trinajstić information content (AvgIpc) is 2.38. The second-order valence-corrected chi connectivity index (χ2v) is 5.85. The van der Waals surface area contributed by atoms with Crippen molar-refractivity contribution in [1.82, 2.24) is 14.8 Å². The number of aromatic carboxylic acids is 1. The highest BCUT2D eigenvalue weighted by atomic mass is 16.4. The quantitative estimate of drug-likeness (QED) is 0.865. The lowest BCUT2D eigenvalue weighted by Gasteiger charge is -2.38. The van der Waals surface area contributed by atoms with Gasteiger partial charge in [-0.15, -0.1) is 0 Å². The van der Waals surface area contributed by atoms with E-state index in [1.165, 1.54) is 0 Å². The van der Waals surface area contributed by atoms with E-state index in [2.05, 4.69) is 34.2 Å². The van der Waals surface area contributed by atoms with E-state index in [9.17, 15) is 9.90 Å². The minimum Gasteiger partial charge on any atom is -0.478 e. The first-order valence-electron chi connectivity index (χ1n) is 7.22. The van der Waals surface area contributed by atoms with E-state index in [4.69, 9.17) is 0 Å². The largest absolute Gasteiger partial charge is 0.478 e. The van der Waals surface area contributed by atoms with Crippen LogP contribution in [0.25, 0.3) is 0 Å². The highest BCUT2D eigenvalue weighted by molar-refractivity contribution is 5.95. The van der Waals surface area contributed by atoms with Gasteiger partial charge in [0.15, 0.2) is 0 Å². The monoisotopic (exact) mass is 292 g/mol. The molecule has 2 rings (SSSR count). The second kappa shape index (κ2) is 6.41. The molecule has 0 amide bonds. The zero-order valence-electron chi connectivity index (χ0n) is 13.2. The van der Waals surface area contributed by atoms with Gasteiger partial charge in [0, 0.05) is 37.9 Å². The van der Waals surface area contributed by atoms with Gasteiger partial charge in [-0.3, -0.25) is 9.88 Å². The molecule has 6 heteroatoms. The maximum atomic E-state index is 11.4. The fraction of sp³-hybridized carbons (Fsp3) is 0.600. The summed E-state index contributed by atoms with van der Waals surface area (Å²) in [7, 11) is 4.23. The van der Waals surface area contributed by atoms with Gasteiger partial charge in [0.05, 0.1) is 11.4 Å². The Balaban J connectivity index is 2.14.